The Morgan fingerprint density at radius 3 is 2.68 bits per heavy atom. The topological polar surface area (TPSA) is 91.9 Å². The fourth-order valence-corrected chi connectivity index (χ4v) is 5.21. The monoisotopic (exact) mass is 455 g/mol. The number of aromatic nitrogens is 2. The third-order valence-corrected chi connectivity index (χ3v) is 7.54. The predicted octanol–water partition coefficient (Wildman–Crippen LogP) is 3.27. The lowest BCUT2D eigenvalue weighted by Crippen LogP contribution is -2.41. The van der Waals surface area contributed by atoms with Gasteiger partial charge in [0, 0.05) is 48.9 Å². The Balaban J connectivity index is 1.12. The van der Waals surface area contributed by atoms with E-state index >= 15 is 0 Å². The van der Waals surface area contributed by atoms with Crippen molar-refractivity contribution in [3.05, 3.63) is 48.7 Å². The molecular formula is C26H25N5O3. The zero-order valence-corrected chi connectivity index (χ0v) is 18.8. The molecule has 0 N–H and O–H groups in total. The first-order valence-corrected chi connectivity index (χ1v) is 12.1. The van der Waals surface area contributed by atoms with Crippen molar-refractivity contribution >= 4 is 28.6 Å². The van der Waals surface area contributed by atoms with Crippen LogP contribution in [0.1, 0.15) is 37.9 Å². The molecule has 4 heterocycles. The number of hydrogen-bond donors (Lipinski definition) is 0. The van der Waals surface area contributed by atoms with E-state index in [1.54, 1.807) is 23.6 Å². The van der Waals surface area contributed by atoms with Gasteiger partial charge in [0.1, 0.15) is 11.1 Å². The van der Waals surface area contributed by atoms with Crippen LogP contribution >= 0.6 is 0 Å². The highest BCUT2D eigenvalue weighted by Crippen LogP contribution is 2.46. The van der Waals surface area contributed by atoms with Gasteiger partial charge < -0.3 is 9.32 Å². The summed E-state index contributed by atoms with van der Waals surface area (Å²) in [6.45, 7) is 2.07. The van der Waals surface area contributed by atoms with Crippen molar-refractivity contribution in [2.24, 2.45) is 16.8 Å². The maximum absolute atomic E-state index is 13.2. The van der Waals surface area contributed by atoms with Gasteiger partial charge in [-0.15, -0.1) is 0 Å². The molecule has 1 aromatic carbocycles. The molecule has 3 aromatic rings. The molecule has 1 spiro atoms. The molecule has 7 rings (SSSR count). The van der Waals surface area contributed by atoms with Gasteiger partial charge in [-0.1, -0.05) is 6.07 Å². The van der Waals surface area contributed by atoms with Crippen LogP contribution in [-0.2, 0) is 9.59 Å². The number of fused-ring (bicyclic) bond motifs is 1. The molecule has 1 saturated heterocycles. The highest BCUT2D eigenvalue weighted by Gasteiger charge is 2.58. The summed E-state index contributed by atoms with van der Waals surface area (Å²) in [4.78, 5) is 43.5. The predicted molar refractivity (Wildman–Crippen MR) is 125 cm³/mol. The van der Waals surface area contributed by atoms with Crippen LogP contribution in [0.2, 0.25) is 0 Å². The van der Waals surface area contributed by atoms with Crippen LogP contribution in [-0.4, -0.2) is 62.6 Å². The number of amidine groups is 1. The molecule has 34 heavy (non-hydrogen) atoms. The van der Waals surface area contributed by atoms with Crippen molar-refractivity contribution in [1.29, 1.82) is 0 Å². The zero-order chi connectivity index (χ0) is 22.9. The molecule has 2 saturated carbocycles. The summed E-state index contributed by atoms with van der Waals surface area (Å²) in [5.74, 6) is 1.90. The van der Waals surface area contributed by atoms with E-state index in [9.17, 15) is 9.59 Å². The molecule has 2 aromatic heterocycles. The van der Waals surface area contributed by atoms with Crippen LogP contribution in [0.3, 0.4) is 0 Å². The van der Waals surface area contributed by atoms with Crippen molar-refractivity contribution < 1.29 is 14.0 Å². The standard InChI is InChI=1S/C26H25N5O3/c32-24(17-1-2-17)30-9-5-16(14-30)15-31-23(29-26(7-8-26)25(31)33)22-27-12-20(13-28-22)18-3-4-21-19(11-18)6-10-34-21/h3-4,6,10-13,16-17H,1-2,5,7-9,14-15H2. The van der Waals surface area contributed by atoms with Gasteiger partial charge in [0.05, 0.1) is 6.26 Å². The highest BCUT2D eigenvalue weighted by atomic mass is 16.3. The van der Waals surface area contributed by atoms with Crippen molar-refractivity contribution in [2.75, 3.05) is 19.6 Å². The fourth-order valence-electron chi connectivity index (χ4n) is 5.21. The highest BCUT2D eigenvalue weighted by molar-refractivity contribution is 6.15. The van der Waals surface area contributed by atoms with Gasteiger partial charge in [0.15, 0.2) is 11.7 Å². The van der Waals surface area contributed by atoms with E-state index < -0.39 is 5.54 Å². The lowest BCUT2D eigenvalue weighted by atomic mass is 10.1. The summed E-state index contributed by atoms with van der Waals surface area (Å²) in [6.07, 6.45) is 9.78. The van der Waals surface area contributed by atoms with Crippen molar-refractivity contribution in [3.63, 3.8) is 0 Å². The minimum Gasteiger partial charge on any atom is -0.464 e. The smallest absolute Gasteiger partial charge is 0.256 e. The minimum absolute atomic E-state index is 0.0626. The van der Waals surface area contributed by atoms with Gasteiger partial charge >= 0.3 is 0 Å². The average Bonchev–Trinajstić information content (AvgIpc) is 3.74. The Morgan fingerprint density at radius 2 is 1.91 bits per heavy atom. The van der Waals surface area contributed by atoms with Crippen molar-refractivity contribution in [2.45, 2.75) is 37.6 Å². The number of aliphatic imine (C=N–C) groups is 1. The molecule has 0 radical (unpaired) electrons. The van der Waals surface area contributed by atoms with E-state index in [2.05, 4.69) is 9.97 Å². The maximum atomic E-state index is 13.2. The average molecular weight is 456 g/mol. The molecule has 1 atom stereocenters. The van der Waals surface area contributed by atoms with Gasteiger partial charge in [-0.05, 0) is 61.8 Å². The minimum atomic E-state index is -0.605. The number of rotatable bonds is 5. The van der Waals surface area contributed by atoms with Crippen LogP contribution in [0.4, 0.5) is 0 Å². The Morgan fingerprint density at radius 1 is 1.09 bits per heavy atom. The van der Waals surface area contributed by atoms with Gasteiger partial charge in [0.25, 0.3) is 5.91 Å². The van der Waals surface area contributed by atoms with Crippen LogP contribution in [0, 0.1) is 11.8 Å². The number of benzene rings is 1. The molecule has 1 unspecified atom stereocenters. The second-order valence-electron chi connectivity index (χ2n) is 10.1. The van der Waals surface area contributed by atoms with E-state index in [1.807, 2.05) is 29.2 Å². The zero-order valence-electron chi connectivity index (χ0n) is 18.8. The quantitative estimate of drug-likeness (QED) is 0.589. The van der Waals surface area contributed by atoms with E-state index in [1.165, 1.54) is 0 Å². The number of carbonyl (C=O) groups excluding carboxylic acids is 2. The Labute approximate surface area is 196 Å². The molecule has 4 aliphatic rings. The van der Waals surface area contributed by atoms with Crippen LogP contribution in [0.15, 0.2) is 52.3 Å². The molecule has 2 aliphatic carbocycles. The van der Waals surface area contributed by atoms with Crippen molar-refractivity contribution in [3.8, 4) is 11.1 Å². The summed E-state index contributed by atoms with van der Waals surface area (Å²) in [5.41, 5.74) is 2.14. The van der Waals surface area contributed by atoms with E-state index in [0.29, 0.717) is 18.2 Å². The van der Waals surface area contributed by atoms with Gasteiger partial charge in [-0.3, -0.25) is 14.5 Å². The Hall–Kier alpha value is -3.55. The van der Waals surface area contributed by atoms with E-state index in [0.717, 1.165) is 67.3 Å². The molecule has 0 bridgehead atoms. The van der Waals surface area contributed by atoms with Crippen LogP contribution < -0.4 is 0 Å². The maximum Gasteiger partial charge on any atom is 0.256 e. The number of amides is 2. The van der Waals surface area contributed by atoms with Gasteiger partial charge in [0.2, 0.25) is 5.91 Å². The lowest BCUT2D eigenvalue weighted by Gasteiger charge is -2.23. The SMILES string of the molecule is O=C(C1CC1)N1CCC(CN2C(=O)C3(CC3)N=C2c2ncc(-c3ccc4occc4c3)cn2)C1. The number of carbonyl (C=O) groups is 2. The molecule has 2 aliphatic heterocycles. The Bertz CT molecular complexity index is 1340. The molecule has 3 fully saturated rings. The summed E-state index contributed by atoms with van der Waals surface area (Å²) in [5, 5.41) is 1.03. The van der Waals surface area contributed by atoms with Crippen LogP contribution in [0.25, 0.3) is 22.1 Å². The summed E-state index contributed by atoms with van der Waals surface area (Å²) >= 11 is 0. The number of furan rings is 1. The first kappa shape index (κ1) is 19.9. The van der Waals surface area contributed by atoms with Gasteiger partial charge in [-0.25, -0.2) is 15.0 Å². The van der Waals surface area contributed by atoms with E-state index in [4.69, 9.17) is 9.41 Å². The first-order valence-electron chi connectivity index (χ1n) is 12.1. The normalized spacial score (nSPS) is 23.2. The summed E-state index contributed by atoms with van der Waals surface area (Å²) < 4.78 is 5.43. The molecular weight excluding hydrogens is 430 g/mol. The Kier molecular flexibility index (Phi) is 4.22. The second-order valence-corrected chi connectivity index (χ2v) is 10.1. The summed E-state index contributed by atoms with van der Waals surface area (Å²) in [6, 6.07) is 7.91. The second kappa shape index (κ2) is 7.22. The van der Waals surface area contributed by atoms with Crippen molar-refractivity contribution in [1.82, 2.24) is 19.8 Å². The summed E-state index contributed by atoms with van der Waals surface area (Å²) in [7, 11) is 0. The fraction of sp³-hybridized carbons (Fsp3) is 0.423. The molecule has 172 valence electrons. The third kappa shape index (κ3) is 3.23. The number of nitrogens with zero attached hydrogens (tertiary/aromatic N) is 5. The largest absolute Gasteiger partial charge is 0.464 e. The van der Waals surface area contributed by atoms with Gasteiger partial charge in [-0.2, -0.15) is 0 Å². The van der Waals surface area contributed by atoms with Crippen LogP contribution in [0.5, 0.6) is 0 Å². The molecule has 8 nitrogen and oxygen atoms in total. The third-order valence-electron chi connectivity index (χ3n) is 7.54. The first-order chi connectivity index (χ1) is 16.6. The molecule has 2 amide bonds. The molecule has 8 heteroatoms. The number of hydrogen-bond acceptors (Lipinski definition) is 6. The number of likely N-dealkylation sites (tertiary alicyclic amines) is 1. The lowest BCUT2D eigenvalue weighted by molar-refractivity contribution is -0.131. The van der Waals surface area contributed by atoms with E-state index in [-0.39, 0.29) is 23.7 Å².